The van der Waals surface area contributed by atoms with Crippen molar-refractivity contribution in [1.29, 1.82) is 0 Å². The summed E-state index contributed by atoms with van der Waals surface area (Å²) < 4.78 is 25.9. The number of nitrogens with zero attached hydrogens (tertiary/aromatic N) is 4. The van der Waals surface area contributed by atoms with Crippen LogP contribution < -0.4 is 10.1 Å². The van der Waals surface area contributed by atoms with Gasteiger partial charge in [-0.1, -0.05) is 5.16 Å². The quantitative estimate of drug-likeness (QED) is 0.723. The summed E-state index contributed by atoms with van der Waals surface area (Å²) in [4.78, 5) is 22.2. The summed E-state index contributed by atoms with van der Waals surface area (Å²) in [5.74, 6) is 0.827. The normalized spacial score (nSPS) is 19.0. The topological polar surface area (TPSA) is 93.4 Å². The van der Waals surface area contributed by atoms with E-state index in [1.807, 2.05) is 0 Å². The number of aromatic nitrogens is 3. The van der Waals surface area contributed by atoms with E-state index in [2.05, 4.69) is 20.4 Å². The zero-order valence-corrected chi connectivity index (χ0v) is 15.8. The lowest BCUT2D eigenvalue weighted by atomic mass is 9.94. The van der Waals surface area contributed by atoms with E-state index in [0.717, 1.165) is 0 Å². The number of ether oxygens (including phenoxy) is 1. The van der Waals surface area contributed by atoms with Crippen molar-refractivity contribution in [3.8, 4) is 17.1 Å². The Morgan fingerprint density at radius 1 is 1.31 bits per heavy atom. The maximum Gasteiger partial charge on any atom is 0.321 e. The monoisotopic (exact) mass is 397 g/mol. The van der Waals surface area contributed by atoms with E-state index < -0.39 is 5.67 Å². The molecule has 2 aromatic heterocycles. The van der Waals surface area contributed by atoms with Crippen molar-refractivity contribution in [2.75, 3.05) is 25.5 Å². The molecule has 0 saturated carbocycles. The van der Waals surface area contributed by atoms with Crippen molar-refractivity contribution in [3.05, 3.63) is 54.7 Å². The third-order valence-electron chi connectivity index (χ3n) is 4.80. The number of benzene rings is 1. The zero-order chi connectivity index (χ0) is 20.3. The summed E-state index contributed by atoms with van der Waals surface area (Å²) in [6.07, 6.45) is 3.89. The number of nitrogens with one attached hydrogen (secondary N) is 1. The lowest BCUT2D eigenvalue weighted by Gasteiger charge is -2.35. The molecule has 0 spiro atoms. The number of urea groups is 1. The van der Waals surface area contributed by atoms with Crippen LogP contribution in [-0.4, -0.2) is 46.3 Å². The molecule has 29 heavy (non-hydrogen) atoms. The Morgan fingerprint density at radius 3 is 2.86 bits per heavy atom. The number of hydrogen-bond acceptors (Lipinski definition) is 6. The van der Waals surface area contributed by atoms with E-state index >= 15 is 4.39 Å². The number of amides is 2. The molecule has 0 radical (unpaired) electrons. The van der Waals surface area contributed by atoms with Crippen molar-refractivity contribution in [3.63, 3.8) is 0 Å². The average Bonchev–Trinajstić information content (AvgIpc) is 3.26. The minimum atomic E-state index is -1.90. The van der Waals surface area contributed by atoms with E-state index in [9.17, 15) is 4.79 Å². The van der Waals surface area contributed by atoms with Crippen LogP contribution >= 0.6 is 0 Å². The van der Waals surface area contributed by atoms with Crippen LogP contribution in [0.25, 0.3) is 11.4 Å². The summed E-state index contributed by atoms with van der Waals surface area (Å²) in [6.45, 7) is 0.279. The van der Waals surface area contributed by atoms with E-state index in [1.54, 1.807) is 55.9 Å². The van der Waals surface area contributed by atoms with Crippen molar-refractivity contribution in [1.82, 2.24) is 20.0 Å². The lowest BCUT2D eigenvalue weighted by molar-refractivity contribution is 0.0333. The first-order valence-corrected chi connectivity index (χ1v) is 9.21. The number of rotatable bonds is 4. The largest absolute Gasteiger partial charge is 0.497 e. The van der Waals surface area contributed by atoms with Gasteiger partial charge in [-0.25, -0.2) is 9.18 Å². The second-order valence-electron chi connectivity index (χ2n) is 6.81. The van der Waals surface area contributed by atoms with Gasteiger partial charge in [0.2, 0.25) is 11.5 Å². The summed E-state index contributed by atoms with van der Waals surface area (Å²) >= 11 is 0. The molecule has 8 nitrogen and oxygen atoms in total. The molecule has 1 fully saturated rings. The van der Waals surface area contributed by atoms with Gasteiger partial charge in [-0.3, -0.25) is 4.98 Å². The number of alkyl halides is 1. The smallest absolute Gasteiger partial charge is 0.321 e. The number of carbonyl (C=O) groups is 1. The minimum Gasteiger partial charge on any atom is -0.497 e. The molecule has 1 saturated heterocycles. The Morgan fingerprint density at radius 2 is 2.14 bits per heavy atom. The molecule has 9 heteroatoms. The number of piperidine rings is 1. The number of halogens is 1. The highest BCUT2D eigenvalue weighted by Crippen LogP contribution is 2.35. The van der Waals surface area contributed by atoms with Crippen LogP contribution in [0.2, 0.25) is 0 Å². The minimum absolute atomic E-state index is 0.127. The number of hydrogen-bond donors (Lipinski definition) is 1. The van der Waals surface area contributed by atoms with E-state index in [4.69, 9.17) is 9.26 Å². The summed E-state index contributed by atoms with van der Waals surface area (Å²) in [7, 11) is 1.57. The summed E-state index contributed by atoms with van der Waals surface area (Å²) in [6, 6.07) is 10.0. The van der Waals surface area contributed by atoms with Gasteiger partial charge >= 0.3 is 6.03 Å². The van der Waals surface area contributed by atoms with Gasteiger partial charge in [-0.2, -0.15) is 4.98 Å². The lowest BCUT2D eigenvalue weighted by Crippen LogP contribution is -2.48. The molecule has 4 rings (SSSR count). The van der Waals surface area contributed by atoms with Crippen molar-refractivity contribution in [2.24, 2.45) is 0 Å². The number of carbonyl (C=O) groups excluding carboxylic acids is 1. The highest BCUT2D eigenvalue weighted by atomic mass is 19.1. The molecular formula is C20H20FN5O3. The molecule has 1 aromatic carbocycles. The molecule has 0 aliphatic carbocycles. The summed E-state index contributed by atoms with van der Waals surface area (Å²) in [5, 5.41) is 6.64. The molecule has 3 aromatic rings. The molecule has 1 N–H and O–H groups in total. The van der Waals surface area contributed by atoms with Crippen LogP contribution in [0.5, 0.6) is 5.75 Å². The van der Waals surface area contributed by atoms with Crippen LogP contribution in [0, 0.1) is 0 Å². The van der Waals surface area contributed by atoms with Crippen LogP contribution in [0.4, 0.5) is 14.9 Å². The van der Waals surface area contributed by atoms with E-state index in [1.165, 1.54) is 4.90 Å². The third kappa shape index (κ3) is 4.03. The van der Waals surface area contributed by atoms with Crippen molar-refractivity contribution in [2.45, 2.75) is 18.5 Å². The zero-order valence-electron chi connectivity index (χ0n) is 15.8. The van der Waals surface area contributed by atoms with Crippen LogP contribution in [0.3, 0.4) is 0 Å². The number of likely N-dealkylation sites (tertiary alicyclic amines) is 1. The number of anilines is 1. The number of pyridine rings is 1. The van der Waals surface area contributed by atoms with Crippen molar-refractivity contribution >= 4 is 11.7 Å². The van der Waals surface area contributed by atoms with Crippen LogP contribution in [-0.2, 0) is 5.67 Å². The average molecular weight is 397 g/mol. The maximum atomic E-state index is 15.6. The van der Waals surface area contributed by atoms with Gasteiger partial charge in [0, 0.05) is 30.2 Å². The predicted molar refractivity (Wildman–Crippen MR) is 103 cm³/mol. The van der Waals surface area contributed by atoms with Gasteiger partial charge in [0.25, 0.3) is 5.89 Å². The van der Waals surface area contributed by atoms with Crippen LogP contribution in [0.15, 0.2) is 53.3 Å². The Bertz CT molecular complexity index is 979. The molecule has 1 aliphatic rings. The molecule has 3 heterocycles. The van der Waals surface area contributed by atoms with Crippen LogP contribution in [0.1, 0.15) is 18.7 Å². The second kappa shape index (κ2) is 7.86. The highest BCUT2D eigenvalue weighted by molar-refractivity contribution is 5.89. The predicted octanol–water partition coefficient (Wildman–Crippen LogP) is 3.63. The molecule has 1 aliphatic heterocycles. The van der Waals surface area contributed by atoms with Gasteiger partial charge in [-0.05, 0) is 49.2 Å². The van der Waals surface area contributed by atoms with Gasteiger partial charge in [0.1, 0.15) is 5.75 Å². The highest BCUT2D eigenvalue weighted by Gasteiger charge is 2.44. The Labute approximate surface area is 166 Å². The van der Waals surface area contributed by atoms with Gasteiger partial charge < -0.3 is 19.5 Å². The Kier molecular flexibility index (Phi) is 5.11. The Balaban J connectivity index is 1.46. The fourth-order valence-corrected chi connectivity index (χ4v) is 3.25. The first-order valence-electron chi connectivity index (χ1n) is 9.21. The standard InChI is InChI=1S/C20H20FN5O3/c1-28-16-7-5-15(6-8-16)23-19(27)26-11-3-9-20(21,13-26)18-24-17(25-29-18)14-4-2-10-22-12-14/h2,4-8,10,12H,3,9,11,13H2,1H3,(H,23,27). The molecule has 0 bridgehead atoms. The molecule has 2 amide bonds. The van der Waals surface area contributed by atoms with Gasteiger partial charge in [-0.15, -0.1) is 0 Å². The molecule has 1 unspecified atom stereocenters. The Hall–Kier alpha value is -3.49. The third-order valence-corrected chi connectivity index (χ3v) is 4.80. The molecule has 1 atom stereocenters. The van der Waals surface area contributed by atoms with Gasteiger partial charge in [0.05, 0.1) is 13.7 Å². The first kappa shape index (κ1) is 18.9. The maximum absolute atomic E-state index is 15.6. The summed E-state index contributed by atoms with van der Waals surface area (Å²) in [5.41, 5.74) is -0.665. The van der Waals surface area contributed by atoms with Gasteiger partial charge in [0.15, 0.2) is 0 Å². The first-order chi connectivity index (χ1) is 14.1. The number of methoxy groups -OCH3 is 1. The fraction of sp³-hybridized carbons (Fsp3) is 0.300. The SMILES string of the molecule is COc1ccc(NC(=O)N2CCCC(F)(c3nc(-c4cccnc4)no3)C2)cc1. The molecule has 150 valence electrons. The second-order valence-corrected chi connectivity index (χ2v) is 6.81. The van der Waals surface area contributed by atoms with E-state index in [0.29, 0.717) is 30.0 Å². The van der Waals surface area contributed by atoms with Crippen molar-refractivity contribution < 1.29 is 18.4 Å². The fourth-order valence-electron chi connectivity index (χ4n) is 3.25. The molecular weight excluding hydrogens is 377 g/mol. The van der Waals surface area contributed by atoms with E-state index in [-0.39, 0.29) is 30.7 Å².